The third-order valence-electron chi connectivity index (χ3n) is 1.69. The van der Waals surface area contributed by atoms with Crippen molar-refractivity contribution in [2.75, 3.05) is 14.1 Å². The van der Waals surface area contributed by atoms with Crippen LogP contribution < -0.4 is 0 Å². The smallest absolute Gasteiger partial charge is 0.130 e. The fraction of sp³-hybridized carbons (Fsp3) is 0.222. The summed E-state index contributed by atoms with van der Waals surface area (Å²) >= 11 is 1.21. The van der Waals surface area contributed by atoms with Crippen molar-refractivity contribution < 1.29 is 0 Å². The van der Waals surface area contributed by atoms with E-state index in [1.807, 2.05) is 37.2 Å². The molecule has 0 atom stereocenters. The van der Waals surface area contributed by atoms with Gasteiger partial charge in [0.25, 0.3) is 0 Å². The van der Waals surface area contributed by atoms with Gasteiger partial charge in [-0.25, -0.2) is 4.99 Å². The predicted octanol–water partition coefficient (Wildman–Crippen LogP) is 1.91. The number of hydrogen-bond donors (Lipinski definition) is 0. The molecule has 1 aromatic heterocycles. The lowest BCUT2D eigenvalue weighted by Crippen LogP contribution is -2.06. The van der Waals surface area contributed by atoms with Gasteiger partial charge in [0.2, 0.25) is 0 Å². The molecular formula is C9H10N4S. The van der Waals surface area contributed by atoms with Gasteiger partial charge < -0.3 is 4.90 Å². The Hall–Kier alpha value is -1.49. The summed E-state index contributed by atoms with van der Waals surface area (Å²) in [7, 11) is 3.87. The molecule has 1 aromatic carbocycles. The van der Waals surface area contributed by atoms with E-state index in [-0.39, 0.29) is 0 Å². The van der Waals surface area contributed by atoms with Gasteiger partial charge in [-0.1, -0.05) is 6.07 Å². The van der Waals surface area contributed by atoms with Crippen LogP contribution in [-0.4, -0.2) is 34.1 Å². The molecule has 0 fully saturated rings. The minimum Gasteiger partial charge on any atom is -0.369 e. The van der Waals surface area contributed by atoms with Crippen LogP contribution in [0.4, 0.5) is 5.69 Å². The zero-order valence-electron chi connectivity index (χ0n) is 8.01. The Morgan fingerprint density at radius 3 is 3.00 bits per heavy atom. The maximum atomic E-state index is 4.31. The van der Waals surface area contributed by atoms with Crippen LogP contribution in [0.2, 0.25) is 0 Å². The van der Waals surface area contributed by atoms with Crippen LogP contribution in [0.3, 0.4) is 0 Å². The molecular weight excluding hydrogens is 196 g/mol. The highest BCUT2D eigenvalue weighted by molar-refractivity contribution is 7.00. The number of benzene rings is 1. The molecule has 1 heterocycles. The van der Waals surface area contributed by atoms with Gasteiger partial charge in [-0.15, -0.1) is 0 Å². The summed E-state index contributed by atoms with van der Waals surface area (Å²) in [6, 6.07) is 5.81. The van der Waals surface area contributed by atoms with Gasteiger partial charge in [0.05, 0.1) is 23.8 Å². The second-order valence-corrected chi connectivity index (χ2v) is 3.65. The molecule has 0 amide bonds. The van der Waals surface area contributed by atoms with Crippen molar-refractivity contribution >= 4 is 34.8 Å². The molecule has 0 aliphatic heterocycles. The quantitative estimate of drug-likeness (QED) is 0.556. The van der Waals surface area contributed by atoms with Crippen molar-refractivity contribution in [1.82, 2.24) is 13.6 Å². The van der Waals surface area contributed by atoms with Crippen LogP contribution in [0.1, 0.15) is 0 Å². The molecule has 14 heavy (non-hydrogen) atoms. The molecule has 0 saturated heterocycles. The molecule has 4 nitrogen and oxygen atoms in total. The molecule has 72 valence electrons. The van der Waals surface area contributed by atoms with Gasteiger partial charge in [-0.2, -0.15) is 8.75 Å². The van der Waals surface area contributed by atoms with E-state index in [9.17, 15) is 0 Å². The monoisotopic (exact) mass is 206 g/mol. The molecule has 0 saturated carbocycles. The van der Waals surface area contributed by atoms with Gasteiger partial charge in [-0.3, -0.25) is 0 Å². The van der Waals surface area contributed by atoms with E-state index in [4.69, 9.17) is 0 Å². The average molecular weight is 206 g/mol. The summed E-state index contributed by atoms with van der Waals surface area (Å²) in [6.45, 7) is 0. The largest absolute Gasteiger partial charge is 0.369 e. The number of hydrogen-bond acceptors (Lipinski definition) is 4. The van der Waals surface area contributed by atoms with Crippen LogP contribution in [0.15, 0.2) is 23.2 Å². The highest BCUT2D eigenvalue weighted by Crippen LogP contribution is 2.23. The first-order valence-corrected chi connectivity index (χ1v) is 4.92. The first-order valence-electron chi connectivity index (χ1n) is 4.19. The van der Waals surface area contributed by atoms with Crippen LogP contribution in [0.5, 0.6) is 0 Å². The van der Waals surface area contributed by atoms with E-state index in [0.717, 1.165) is 16.7 Å². The lowest BCUT2D eigenvalue weighted by molar-refractivity contribution is 0.643. The molecule has 2 aromatic rings. The van der Waals surface area contributed by atoms with Gasteiger partial charge >= 0.3 is 0 Å². The normalized spacial score (nSPS) is 11.3. The minimum absolute atomic E-state index is 0.866. The average Bonchev–Trinajstić information content (AvgIpc) is 2.62. The zero-order chi connectivity index (χ0) is 9.97. The maximum Gasteiger partial charge on any atom is 0.130 e. The fourth-order valence-electron chi connectivity index (χ4n) is 1.07. The number of nitrogens with zero attached hydrogens (tertiary/aromatic N) is 4. The first-order chi connectivity index (χ1) is 6.77. The third kappa shape index (κ3) is 1.72. The van der Waals surface area contributed by atoms with E-state index in [1.54, 1.807) is 6.34 Å². The highest BCUT2D eigenvalue weighted by atomic mass is 32.1. The Balaban J connectivity index is 2.46. The minimum atomic E-state index is 0.866. The number of rotatable bonds is 2. The highest BCUT2D eigenvalue weighted by Gasteiger charge is 2.02. The van der Waals surface area contributed by atoms with E-state index < -0.39 is 0 Å². The van der Waals surface area contributed by atoms with E-state index in [2.05, 4.69) is 13.7 Å². The Bertz CT molecular complexity index is 461. The molecule has 0 aliphatic carbocycles. The van der Waals surface area contributed by atoms with Gasteiger partial charge in [0.1, 0.15) is 11.0 Å². The molecule has 0 unspecified atom stereocenters. The predicted molar refractivity (Wildman–Crippen MR) is 59.3 cm³/mol. The number of fused-ring (bicyclic) bond motifs is 1. The van der Waals surface area contributed by atoms with Crippen molar-refractivity contribution in [3.63, 3.8) is 0 Å². The van der Waals surface area contributed by atoms with Gasteiger partial charge in [0.15, 0.2) is 0 Å². The Labute approximate surface area is 86.2 Å². The maximum absolute atomic E-state index is 4.31. The molecule has 2 rings (SSSR count). The van der Waals surface area contributed by atoms with Gasteiger partial charge in [-0.05, 0) is 12.1 Å². The summed E-state index contributed by atoms with van der Waals surface area (Å²) in [5.41, 5.74) is 2.64. The summed E-state index contributed by atoms with van der Waals surface area (Å²) in [6.07, 6.45) is 1.76. The molecule has 0 spiro atoms. The number of aromatic nitrogens is 2. The second-order valence-electron chi connectivity index (χ2n) is 3.12. The second kappa shape index (κ2) is 3.71. The van der Waals surface area contributed by atoms with E-state index >= 15 is 0 Å². The zero-order valence-corrected chi connectivity index (χ0v) is 8.82. The molecule has 5 heteroatoms. The van der Waals surface area contributed by atoms with Crippen molar-refractivity contribution in [1.29, 1.82) is 0 Å². The summed E-state index contributed by atoms with van der Waals surface area (Å²) < 4.78 is 8.34. The van der Waals surface area contributed by atoms with Crippen molar-refractivity contribution in [2.45, 2.75) is 0 Å². The lowest BCUT2D eigenvalue weighted by atomic mass is 10.3. The third-order valence-corrected chi connectivity index (χ3v) is 2.24. The number of aliphatic imine (C=N–C) groups is 1. The van der Waals surface area contributed by atoms with Crippen molar-refractivity contribution in [3.05, 3.63) is 18.2 Å². The summed E-state index contributed by atoms with van der Waals surface area (Å²) in [4.78, 5) is 6.20. The van der Waals surface area contributed by atoms with E-state index in [1.165, 1.54) is 11.7 Å². The van der Waals surface area contributed by atoms with Crippen molar-refractivity contribution in [3.8, 4) is 0 Å². The van der Waals surface area contributed by atoms with Crippen LogP contribution in [0, 0.1) is 0 Å². The fourth-order valence-corrected chi connectivity index (χ4v) is 1.62. The van der Waals surface area contributed by atoms with Crippen LogP contribution in [-0.2, 0) is 0 Å². The standard InChI is InChI=1S/C9H10N4S/c1-13(2)6-10-7-4-3-5-8-9(7)12-14-11-8/h3-6H,1-2H3. The van der Waals surface area contributed by atoms with Crippen LogP contribution in [0.25, 0.3) is 11.0 Å². The lowest BCUT2D eigenvalue weighted by Gasteiger charge is -2.01. The Morgan fingerprint density at radius 2 is 2.21 bits per heavy atom. The molecule has 0 aliphatic rings. The topological polar surface area (TPSA) is 41.4 Å². The summed E-state index contributed by atoms with van der Waals surface area (Å²) in [5.74, 6) is 0. The summed E-state index contributed by atoms with van der Waals surface area (Å²) in [5, 5.41) is 0. The van der Waals surface area contributed by atoms with Crippen molar-refractivity contribution in [2.24, 2.45) is 4.99 Å². The SMILES string of the molecule is CN(C)C=Nc1cccc2nsnc12. The molecule has 0 radical (unpaired) electrons. The Kier molecular flexibility index (Phi) is 2.41. The Morgan fingerprint density at radius 1 is 1.36 bits per heavy atom. The molecule has 0 N–H and O–H groups in total. The van der Waals surface area contributed by atoms with Gasteiger partial charge in [0, 0.05) is 14.1 Å². The van der Waals surface area contributed by atoms with Crippen LogP contribution >= 0.6 is 11.7 Å². The first kappa shape index (κ1) is 9.08. The van der Waals surface area contributed by atoms with E-state index in [0.29, 0.717) is 0 Å². The molecule has 0 bridgehead atoms.